The first-order chi connectivity index (χ1) is 7.61. The van der Waals surface area contributed by atoms with Crippen LogP contribution in [0.25, 0.3) is 5.95 Å². The van der Waals surface area contributed by atoms with Gasteiger partial charge in [-0.2, -0.15) is 5.10 Å². The summed E-state index contributed by atoms with van der Waals surface area (Å²) in [6.07, 6.45) is 3.29. The van der Waals surface area contributed by atoms with Crippen molar-refractivity contribution in [3.8, 4) is 5.95 Å². The van der Waals surface area contributed by atoms with Crippen LogP contribution in [-0.2, 0) is 0 Å². The van der Waals surface area contributed by atoms with E-state index in [0.29, 0.717) is 17.2 Å². The average molecular weight is 216 g/mol. The normalized spacial score (nSPS) is 10.4. The van der Waals surface area contributed by atoms with E-state index in [1.807, 2.05) is 13.8 Å². The molecule has 0 aliphatic heterocycles. The minimum Gasteiger partial charge on any atom is -0.294 e. The molecule has 0 N–H and O–H groups in total. The van der Waals surface area contributed by atoms with Crippen molar-refractivity contribution in [3.05, 3.63) is 35.4 Å². The number of aromatic nitrogens is 4. The second-order valence-electron chi connectivity index (χ2n) is 3.56. The van der Waals surface area contributed by atoms with Crippen molar-refractivity contribution in [1.82, 2.24) is 19.7 Å². The lowest BCUT2D eigenvalue weighted by molar-refractivity contribution is 0.101. The fourth-order valence-corrected chi connectivity index (χ4v) is 1.75. The van der Waals surface area contributed by atoms with Gasteiger partial charge in [-0.3, -0.25) is 4.79 Å². The topological polar surface area (TPSA) is 60.7 Å². The molecule has 82 valence electrons. The zero-order chi connectivity index (χ0) is 11.7. The Kier molecular flexibility index (Phi) is 2.52. The third kappa shape index (κ3) is 1.60. The highest BCUT2D eigenvalue weighted by Crippen LogP contribution is 2.15. The number of rotatable bonds is 2. The fourth-order valence-electron chi connectivity index (χ4n) is 1.75. The molecule has 0 aliphatic rings. The number of hydrogen-bond acceptors (Lipinski definition) is 4. The lowest BCUT2D eigenvalue weighted by Crippen LogP contribution is -2.05. The molecule has 0 spiro atoms. The Hall–Kier alpha value is -2.04. The SMILES string of the molecule is CC(=O)c1c(C)nn(-c2ncccn2)c1C. The summed E-state index contributed by atoms with van der Waals surface area (Å²) in [5.74, 6) is 0.493. The first kappa shape index (κ1) is 10.5. The molecule has 0 aliphatic carbocycles. The summed E-state index contributed by atoms with van der Waals surface area (Å²) < 4.78 is 1.59. The molecular weight excluding hydrogens is 204 g/mol. The van der Waals surface area contributed by atoms with Crippen LogP contribution in [0.15, 0.2) is 18.5 Å². The Morgan fingerprint density at radius 2 is 1.88 bits per heavy atom. The molecule has 5 heteroatoms. The van der Waals surface area contributed by atoms with E-state index >= 15 is 0 Å². The fraction of sp³-hybridized carbons (Fsp3) is 0.273. The first-order valence-electron chi connectivity index (χ1n) is 4.96. The van der Waals surface area contributed by atoms with Gasteiger partial charge in [-0.05, 0) is 26.8 Å². The zero-order valence-electron chi connectivity index (χ0n) is 9.43. The van der Waals surface area contributed by atoms with Gasteiger partial charge in [-0.25, -0.2) is 14.6 Å². The van der Waals surface area contributed by atoms with Crippen molar-refractivity contribution in [2.24, 2.45) is 0 Å². The maximum atomic E-state index is 11.4. The van der Waals surface area contributed by atoms with Gasteiger partial charge in [0.15, 0.2) is 5.78 Å². The second kappa shape index (κ2) is 3.84. The van der Waals surface area contributed by atoms with Gasteiger partial charge < -0.3 is 0 Å². The molecule has 0 bridgehead atoms. The number of Topliss-reactive ketones (excluding diaryl/α,β-unsaturated/α-hetero) is 1. The quantitative estimate of drug-likeness (QED) is 0.713. The summed E-state index contributed by atoms with van der Waals surface area (Å²) in [5, 5.41) is 4.27. The van der Waals surface area contributed by atoms with Crippen molar-refractivity contribution in [2.45, 2.75) is 20.8 Å². The lowest BCUT2D eigenvalue weighted by Gasteiger charge is -2.01. The highest BCUT2D eigenvalue weighted by Gasteiger charge is 2.16. The smallest absolute Gasteiger partial charge is 0.250 e. The molecule has 0 aromatic carbocycles. The van der Waals surface area contributed by atoms with Gasteiger partial charge in [0.05, 0.1) is 17.0 Å². The van der Waals surface area contributed by atoms with Gasteiger partial charge in [0, 0.05) is 12.4 Å². The van der Waals surface area contributed by atoms with Crippen molar-refractivity contribution >= 4 is 5.78 Å². The second-order valence-corrected chi connectivity index (χ2v) is 3.56. The van der Waals surface area contributed by atoms with Gasteiger partial charge in [0.2, 0.25) is 0 Å². The highest BCUT2D eigenvalue weighted by atomic mass is 16.1. The van der Waals surface area contributed by atoms with E-state index < -0.39 is 0 Å². The number of carbonyl (C=O) groups is 1. The molecule has 0 amide bonds. The minimum atomic E-state index is 0.0113. The average Bonchev–Trinajstić information content (AvgIpc) is 2.55. The van der Waals surface area contributed by atoms with Crippen molar-refractivity contribution in [1.29, 1.82) is 0 Å². The predicted molar refractivity (Wildman–Crippen MR) is 58.6 cm³/mol. The van der Waals surface area contributed by atoms with Gasteiger partial charge in [0.25, 0.3) is 5.95 Å². The van der Waals surface area contributed by atoms with E-state index in [0.717, 1.165) is 5.69 Å². The number of aryl methyl sites for hydroxylation is 1. The third-order valence-electron chi connectivity index (χ3n) is 2.38. The van der Waals surface area contributed by atoms with E-state index in [1.54, 1.807) is 23.1 Å². The van der Waals surface area contributed by atoms with Crippen LogP contribution in [0.4, 0.5) is 0 Å². The zero-order valence-corrected chi connectivity index (χ0v) is 9.43. The molecule has 2 aromatic heterocycles. The monoisotopic (exact) mass is 216 g/mol. The number of hydrogen-bond donors (Lipinski definition) is 0. The first-order valence-corrected chi connectivity index (χ1v) is 4.96. The van der Waals surface area contributed by atoms with Crippen LogP contribution < -0.4 is 0 Å². The summed E-state index contributed by atoms with van der Waals surface area (Å²) in [4.78, 5) is 19.6. The largest absolute Gasteiger partial charge is 0.294 e. The maximum Gasteiger partial charge on any atom is 0.250 e. The molecule has 5 nitrogen and oxygen atoms in total. The molecule has 0 radical (unpaired) electrons. The van der Waals surface area contributed by atoms with Crippen LogP contribution >= 0.6 is 0 Å². The van der Waals surface area contributed by atoms with Crippen LogP contribution in [0.5, 0.6) is 0 Å². The Bertz CT molecular complexity index is 530. The van der Waals surface area contributed by atoms with E-state index in [9.17, 15) is 4.79 Å². The van der Waals surface area contributed by atoms with Crippen molar-refractivity contribution < 1.29 is 4.79 Å². The van der Waals surface area contributed by atoms with Crippen LogP contribution in [0.2, 0.25) is 0 Å². The Labute approximate surface area is 93.2 Å². The predicted octanol–water partition coefficient (Wildman–Crippen LogP) is 1.48. The molecule has 0 atom stereocenters. The van der Waals surface area contributed by atoms with Gasteiger partial charge in [0.1, 0.15) is 0 Å². The molecule has 0 saturated heterocycles. The number of nitrogens with zero attached hydrogens (tertiary/aromatic N) is 4. The number of carbonyl (C=O) groups excluding carboxylic acids is 1. The maximum absolute atomic E-state index is 11.4. The van der Waals surface area contributed by atoms with E-state index in [2.05, 4.69) is 15.1 Å². The Morgan fingerprint density at radius 3 is 2.38 bits per heavy atom. The summed E-state index contributed by atoms with van der Waals surface area (Å²) in [6.45, 7) is 5.18. The molecule has 0 fully saturated rings. The summed E-state index contributed by atoms with van der Waals surface area (Å²) >= 11 is 0. The van der Waals surface area contributed by atoms with E-state index in [-0.39, 0.29) is 5.78 Å². The van der Waals surface area contributed by atoms with Crippen LogP contribution in [0, 0.1) is 13.8 Å². The van der Waals surface area contributed by atoms with E-state index in [4.69, 9.17) is 0 Å². The van der Waals surface area contributed by atoms with Gasteiger partial charge in [-0.15, -0.1) is 0 Å². The van der Waals surface area contributed by atoms with E-state index in [1.165, 1.54) is 6.92 Å². The van der Waals surface area contributed by atoms with Gasteiger partial charge in [-0.1, -0.05) is 0 Å². The van der Waals surface area contributed by atoms with Crippen molar-refractivity contribution in [2.75, 3.05) is 0 Å². The lowest BCUT2D eigenvalue weighted by atomic mass is 10.1. The minimum absolute atomic E-state index is 0.0113. The van der Waals surface area contributed by atoms with Crippen LogP contribution in [0.3, 0.4) is 0 Å². The van der Waals surface area contributed by atoms with Crippen molar-refractivity contribution in [3.63, 3.8) is 0 Å². The molecule has 0 saturated carbocycles. The van der Waals surface area contributed by atoms with Crippen LogP contribution in [0.1, 0.15) is 28.7 Å². The summed E-state index contributed by atoms with van der Waals surface area (Å²) in [5.41, 5.74) is 2.13. The molecular formula is C11H12N4O. The standard InChI is InChI=1S/C11H12N4O/c1-7-10(9(3)16)8(2)15(14-7)11-12-5-4-6-13-11/h4-6H,1-3H3. The Morgan fingerprint density at radius 1 is 1.25 bits per heavy atom. The number of ketones is 1. The molecule has 2 heterocycles. The summed E-state index contributed by atoms with van der Waals surface area (Å²) in [7, 11) is 0. The molecule has 2 aromatic rings. The summed E-state index contributed by atoms with van der Waals surface area (Å²) in [6, 6.07) is 1.74. The van der Waals surface area contributed by atoms with Crippen LogP contribution in [-0.4, -0.2) is 25.5 Å². The molecule has 16 heavy (non-hydrogen) atoms. The molecule has 0 unspecified atom stereocenters. The highest BCUT2D eigenvalue weighted by molar-refractivity contribution is 5.96. The third-order valence-corrected chi connectivity index (χ3v) is 2.38. The van der Waals surface area contributed by atoms with Gasteiger partial charge >= 0.3 is 0 Å². The molecule has 2 rings (SSSR count). The Balaban J connectivity index is 2.61.